The average molecular weight is 320 g/mol. The average Bonchev–Trinajstić information content (AvgIpc) is 2.88. The number of aryl methyl sites for hydroxylation is 2. The molecule has 6 nitrogen and oxygen atoms in total. The van der Waals surface area contributed by atoms with E-state index in [9.17, 15) is 4.79 Å². The number of hydrogen-bond acceptors (Lipinski definition) is 4. The lowest BCUT2D eigenvalue weighted by Gasteiger charge is -2.36. The van der Waals surface area contributed by atoms with Crippen LogP contribution in [0.25, 0.3) is 0 Å². The zero-order chi connectivity index (χ0) is 16.2. The van der Waals surface area contributed by atoms with E-state index < -0.39 is 0 Å². The largest absolute Gasteiger partial charge is 0.381 e. The summed E-state index contributed by atoms with van der Waals surface area (Å²) in [5.41, 5.74) is 1.52. The highest BCUT2D eigenvalue weighted by Crippen LogP contribution is 2.19. The maximum absolute atomic E-state index is 12.4. The van der Waals surface area contributed by atoms with Gasteiger partial charge < -0.3 is 15.0 Å². The van der Waals surface area contributed by atoms with Crippen LogP contribution < -0.4 is 5.32 Å². The molecule has 2 saturated heterocycles. The summed E-state index contributed by atoms with van der Waals surface area (Å²) in [5, 5.41) is 7.43. The summed E-state index contributed by atoms with van der Waals surface area (Å²) in [6.07, 6.45) is 4.54. The lowest BCUT2D eigenvalue weighted by molar-refractivity contribution is 0.0469. The van der Waals surface area contributed by atoms with Gasteiger partial charge in [0.1, 0.15) is 5.69 Å². The van der Waals surface area contributed by atoms with Gasteiger partial charge in [0.2, 0.25) is 0 Å². The number of piperidine rings is 1. The molecule has 2 fully saturated rings. The van der Waals surface area contributed by atoms with Gasteiger partial charge in [-0.25, -0.2) is 0 Å². The molecule has 128 valence electrons. The highest BCUT2D eigenvalue weighted by atomic mass is 16.5. The van der Waals surface area contributed by atoms with Crippen LogP contribution in [-0.4, -0.2) is 59.5 Å². The van der Waals surface area contributed by atoms with E-state index in [4.69, 9.17) is 4.74 Å². The van der Waals surface area contributed by atoms with Crippen molar-refractivity contribution >= 4 is 5.91 Å². The van der Waals surface area contributed by atoms with E-state index in [1.165, 1.54) is 12.8 Å². The minimum atomic E-state index is -0.0494. The zero-order valence-electron chi connectivity index (χ0n) is 14.3. The smallest absolute Gasteiger partial charge is 0.272 e. The third-order valence-corrected chi connectivity index (χ3v) is 5.04. The van der Waals surface area contributed by atoms with Gasteiger partial charge in [-0.1, -0.05) is 0 Å². The van der Waals surface area contributed by atoms with Gasteiger partial charge in [-0.05, 0) is 51.1 Å². The molecule has 0 aliphatic carbocycles. The Morgan fingerprint density at radius 2 is 2.17 bits per heavy atom. The van der Waals surface area contributed by atoms with Crippen LogP contribution in [0.4, 0.5) is 0 Å². The monoisotopic (exact) mass is 320 g/mol. The number of nitrogens with zero attached hydrogens (tertiary/aromatic N) is 3. The predicted octanol–water partition coefficient (Wildman–Crippen LogP) is 1.35. The molecule has 0 bridgehead atoms. The molecule has 1 unspecified atom stereocenters. The van der Waals surface area contributed by atoms with Crippen molar-refractivity contribution in [1.29, 1.82) is 0 Å². The number of carbonyl (C=O) groups is 1. The molecule has 0 saturated carbocycles. The lowest BCUT2D eigenvalue weighted by Crippen LogP contribution is -2.49. The Labute approximate surface area is 138 Å². The molecule has 3 heterocycles. The van der Waals surface area contributed by atoms with Crippen molar-refractivity contribution < 1.29 is 9.53 Å². The fourth-order valence-electron chi connectivity index (χ4n) is 3.56. The van der Waals surface area contributed by atoms with Crippen LogP contribution >= 0.6 is 0 Å². The van der Waals surface area contributed by atoms with Crippen molar-refractivity contribution in [3.63, 3.8) is 0 Å². The Hall–Kier alpha value is -1.40. The van der Waals surface area contributed by atoms with Crippen molar-refractivity contribution in [2.75, 3.05) is 32.8 Å². The number of hydrogen-bond donors (Lipinski definition) is 1. The molecule has 1 atom stereocenters. The van der Waals surface area contributed by atoms with Crippen molar-refractivity contribution in [3.8, 4) is 0 Å². The molecule has 0 aromatic carbocycles. The van der Waals surface area contributed by atoms with Gasteiger partial charge in [0.15, 0.2) is 0 Å². The fourth-order valence-corrected chi connectivity index (χ4v) is 3.56. The molecule has 23 heavy (non-hydrogen) atoms. The Morgan fingerprint density at radius 1 is 1.39 bits per heavy atom. The molecule has 1 aromatic rings. The molecule has 2 aliphatic heterocycles. The topological polar surface area (TPSA) is 59.4 Å². The first-order valence-corrected chi connectivity index (χ1v) is 8.73. The summed E-state index contributed by atoms with van der Waals surface area (Å²) in [4.78, 5) is 14.9. The van der Waals surface area contributed by atoms with Gasteiger partial charge in [-0.3, -0.25) is 9.48 Å². The Morgan fingerprint density at radius 3 is 2.87 bits per heavy atom. The summed E-state index contributed by atoms with van der Waals surface area (Å²) < 4.78 is 7.18. The maximum Gasteiger partial charge on any atom is 0.272 e. The molecular weight excluding hydrogens is 292 g/mol. The van der Waals surface area contributed by atoms with Gasteiger partial charge in [0.25, 0.3) is 5.91 Å². The van der Waals surface area contributed by atoms with E-state index in [-0.39, 0.29) is 11.9 Å². The first-order chi connectivity index (χ1) is 11.1. The molecule has 3 rings (SSSR count). The number of carbonyl (C=O) groups excluding carboxylic acids is 1. The second kappa shape index (κ2) is 7.45. The van der Waals surface area contributed by atoms with E-state index in [0.29, 0.717) is 5.69 Å². The van der Waals surface area contributed by atoms with Crippen molar-refractivity contribution in [2.45, 2.75) is 38.6 Å². The minimum absolute atomic E-state index is 0.0494. The number of nitrogens with one attached hydrogen (secondary N) is 1. The Bertz CT molecular complexity index is 517. The quantitative estimate of drug-likeness (QED) is 0.910. The molecule has 6 heteroatoms. The standard InChI is InChI=1S/C17H28N4O2/c1-13-10-16(19-20(13)2)17(22)18-15-4-3-7-21(12-15)11-14-5-8-23-9-6-14/h10,14-15H,3-9,11-12H2,1-2H3,(H,18,22). The number of rotatable bonds is 4. The van der Waals surface area contributed by atoms with Crippen LogP contribution in [0.15, 0.2) is 6.07 Å². The number of amides is 1. The van der Waals surface area contributed by atoms with E-state index in [2.05, 4.69) is 15.3 Å². The van der Waals surface area contributed by atoms with Crippen molar-refractivity contribution in [1.82, 2.24) is 20.0 Å². The van der Waals surface area contributed by atoms with Gasteiger partial charge in [0.05, 0.1) is 0 Å². The van der Waals surface area contributed by atoms with Crippen LogP contribution in [0, 0.1) is 12.8 Å². The summed E-state index contributed by atoms with van der Waals surface area (Å²) >= 11 is 0. The van der Waals surface area contributed by atoms with Gasteiger partial charge in [0, 0.05) is 45.1 Å². The molecule has 2 aliphatic rings. The summed E-state index contributed by atoms with van der Waals surface area (Å²) in [6, 6.07) is 2.08. The zero-order valence-corrected chi connectivity index (χ0v) is 14.3. The predicted molar refractivity (Wildman–Crippen MR) is 88.4 cm³/mol. The second-order valence-electron chi connectivity index (χ2n) is 6.92. The van der Waals surface area contributed by atoms with Crippen LogP contribution in [0.3, 0.4) is 0 Å². The van der Waals surface area contributed by atoms with Gasteiger partial charge in [-0.15, -0.1) is 0 Å². The van der Waals surface area contributed by atoms with Crippen molar-refractivity contribution in [3.05, 3.63) is 17.5 Å². The number of aromatic nitrogens is 2. The summed E-state index contributed by atoms with van der Waals surface area (Å²) in [6.45, 7) is 7.00. The molecule has 0 radical (unpaired) electrons. The fraction of sp³-hybridized carbons (Fsp3) is 0.765. The molecule has 1 amide bonds. The van der Waals surface area contributed by atoms with Crippen LogP contribution in [0.5, 0.6) is 0 Å². The third kappa shape index (κ3) is 4.32. The van der Waals surface area contributed by atoms with Gasteiger partial charge in [-0.2, -0.15) is 5.10 Å². The number of ether oxygens (including phenoxy) is 1. The van der Waals surface area contributed by atoms with Crippen LogP contribution in [0.2, 0.25) is 0 Å². The highest BCUT2D eigenvalue weighted by molar-refractivity contribution is 5.92. The minimum Gasteiger partial charge on any atom is -0.381 e. The molecule has 0 spiro atoms. The van der Waals surface area contributed by atoms with Crippen LogP contribution in [0.1, 0.15) is 41.9 Å². The third-order valence-electron chi connectivity index (χ3n) is 5.04. The molecule has 1 N–H and O–H groups in total. The second-order valence-corrected chi connectivity index (χ2v) is 6.92. The SMILES string of the molecule is Cc1cc(C(=O)NC2CCCN(CC3CCOCC3)C2)nn1C. The molecule has 1 aromatic heterocycles. The van der Waals surface area contributed by atoms with Crippen molar-refractivity contribution in [2.24, 2.45) is 13.0 Å². The van der Waals surface area contributed by atoms with E-state index in [1.54, 1.807) is 4.68 Å². The van der Waals surface area contributed by atoms with E-state index in [0.717, 1.165) is 57.3 Å². The first-order valence-electron chi connectivity index (χ1n) is 8.73. The summed E-state index contributed by atoms with van der Waals surface area (Å²) in [7, 11) is 1.86. The van der Waals surface area contributed by atoms with Crippen LogP contribution in [-0.2, 0) is 11.8 Å². The molecular formula is C17H28N4O2. The lowest BCUT2D eigenvalue weighted by atomic mass is 9.97. The van der Waals surface area contributed by atoms with E-state index >= 15 is 0 Å². The Kier molecular flexibility index (Phi) is 5.33. The maximum atomic E-state index is 12.4. The first kappa shape index (κ1) is 16.5. The van der Waals surface area contributed by atoms with Gasteiger partial charge >= 0.3 is 0 Å². The highest BCUT2D eigenvalue weighted by Gasteiger charge is 2.25. The Balaban J connectivity index is 1.50. The normalized spacial score (nSPS) is 23.8. The summed E-state index contributed by atoms with van der Waals surface area (Å²) in [5.74, 6) is 0.697. The van der Waals surface area contributed by atoms with E-state index in [1.807, 2.05) is 20.0 Å². The number of likely N-dealkylation sites (tertiary alicyclic amines) is 1.